The standard InChI is InChI=1S/C13H17NO2.C12H11NO3.C10H7NO3.C9H14O5.C6H7N.4C3H8.2C2H6.CO2.4CH4/c1-3-11(13(15)16-4-2)10-14-12-8-6-5-7-9-12;1-2-16-12(15)9-7-13-10-6-4-3-5-8(10)11(9)14;12-9-6-3-1-2-4-8(6)11-5-7(9)10(13)14;1-4-13-8(10)7(6-12-3)9(11)14-5-2;7-6-4-2-1-3-5-6;4*1-3-2;2*1-2;2-1-3;;;;/h5-10,14H,3-4H2,1-2H3;3-7H,2H2,1H3,(H,13,14);1-5H,(H,11,12)(H,13,14);6H,4-5H2,1-3H3;1-5H,7H2;4*3H2,1-2H3;2*1-2H3;;4*1H4/b11-10-;;;;;;;;;;;;;;;. The molecule has 4 aromatic carbocycles. The highest BCUT2D eigenvalue weighted by molar-refractivity contribution is 6.13. The van der Waals surface area contributed by atoms with Crippen molar-refractivity contribution in [2.45, 2.75) is 180 Å². The summed E-state index contributed by atoms with van der Waals surface area (Å²) in [6.45, 7) is 34.8. The number of hydrogen-bond acceptors (Lipinski definition) is 16. The van der Waals surface area contributed by atoms with Crippen molar-refractivity contribution in [2.24, 2.45) is 0 Å². The molecule has 6 N–H and O–H groups in total. The third kappa shape index (κ3) is 51.0. The van der Waals surface area contributed by atoms with Crippen molar-refractivity contribution < 1.29 is 62.4 Å². The lowest BCUT2D eigenvalue weighted by atomic mass is 10.1. The van der Waals surface area contributed by atoms with Crippen molar-refractivity contribution in [1.82, 2.24) is 9.97 Å². The van der Waals surface area contributed by atoms with Gasteiger partial charge in [-0.25, -0.2) is 24.0 Å². The highest BCUT2D eigenvalue weighted by atomic mass is 16.6. The van der Waals surface area contributed by atoms with Gasteiger partial charge in [-0.15, -0.1) is 0 Å². The van der Waals surface area contributed by atoms with Crippen LogP contribution in [0.2, 0.25) is 0 Å². The molecular formula is C71H116N4O15. The van der Waals surface area contributed by atoms with E-state index in [2.05, 4.69) is 84.9 Å². The zero-order chi connectivity index (χ0) is 67.1. The van der Waals surface area contributed by atoms with E-state index in [0.717, 1.165) is 17.6 Å². The molecule has 0 spiro atoms. The van der Waals surface area contributed by atoms with Gasteiger partial charge in [-0.2, -0.15) is 9.59 Å². The topological polar surface area (TPSA) is 290 Å². The van der Waals surface area contributed by atoms with Crippen LogP contribution in [0.5, 0.6) is 0 Å². The average Bonchev–Trinajstić information content (AvgIpc) is 2.87. The lowest BCUT2D eigenvalue weighted by molar-refractivity contribution is -0.191. The number of benzene rings is 4. The van der Waals surface area contributed by atoms with Crippen molar-refractivity contribution in [3.63, 3.8) is 0 Å². The Morgan fingerprint density at radius 1 is 0.511 bits per heavy atom. The van der Waals surface area contributed by atoms with E-state index in [-0.39, 0.29) is 83.8 Å². The van der Waals surface area contributed by atoms with Gasteiger partial charge in [0.15, 0.2) is 5.57 Å². The first kappa shape index (κ1) is 103. The Bertz CT molecular complexity index is 2850. The number of carboxylic acid groups (broad SMARTS) is 1. The number of aromatic carboxylic acids is 1. The molecule has 0 atom stereocenters. The number of H-pyrrole nitrogens is 2. The largest absolute Gasteiger partial charge is 0.503 e. The molecule has 0 unspecified atom stereocenters. The Morgan fingerprint density at radius 3 is 1.16 bits per heavy atom. The molecular weight excluding hydrogens is 1150 g/mol. The Labute approximate surface area is 540 Å². The summed E-state index contributed by atoms with van der Waals surface area (Å²) >= 11 is 0. The molecule has 19 nitrogen and oxygen atoms in total. The van der Waals surface area contributed by atoms with Crippen molar-refractivity contribution in [1.29, 1.82) is 0 Å². The number of esters is 4. The van der Waals surface area contributed by atoms with E-state index in [0.29, 0.717) is 40.4 Å². The first-order chi connectivity index (χ1) is 41.3. The van der Waals surface area contributed by atoms with E-state index in [9.17, 15) is 33.6 Å². The van der Waals surface area contributed by atoms with Crippen molar-refractivity contribution in [3.8, 4) is 0 Å². The number of nitrogens with one attached hydrogen (secondary N) is 3. The molecule has 0 amide bonds. The number of aromatic amines is 2. The number of anilines is 2. The quantitative estimate of drug-likeness (QED) is 0.0137. The van der Waals surface area contributed by atoms with Gasteiger partial charge in [-0.05, 0) is 82.6 Å². The van der Waals surface area contributed by atoms with Crippen LogP contribution in [0.15, 0.2) is 155 Å². The molecule has 6 aromatic rings. The van der Waals surface area contributed by atoms with Gasteiger partial charge in [0.2, 0.25) is 10.9 Å². The normalized spacial score (nSPS) is 8.44. The summed E-state index contributed by atoms with van der Waals surface area (Å²) in [6, 6.07) is 33.0. The van der Waals surface area contributed by atoms with Gasteiger partial charge < -0.3 is 49.8 Å². The summed E-state index contributed by atoms with van der Waals surface area (Å²) in [4.78, 5) is 101. The molecule has 0 aliphatic carbocycles. The smallest absolute Gasteiger partial charge is 0.373 e. The molecule has 90 heavy (non-hydrogen) atoms. The van der Waals surface area contributed by atoms with Gasteiger partial charge in [-0.1, -0.05) is 206 Å². The van der Waals surface area contributed by atoms with Gasteiger partial charge in [0, 0.05) is 51.8 Å². The Balaban J connectivity index is -0.000000104. The summed E-state index contributed by atoms with van der Waals surface area (Å²) in [5.74, 6) is -3.54. The number of para-hydroxylation sites is 4. The molecule has 0 saturated carbocycles. The van der Waals surface area contributed by atoms with Gasteiger partial charge >= 0.3 is 36.0 Å². The molecule has 2 aromatic heterocycles. The zero-order valence-corrected chi connectivity index (χ0v) is 54.3. The minimum absolute atomic E-state index is 0. The number of hydrogen-bond donors (Lipinski definition) is 5. The minimum Gasteiger partial charge on any atom is -0.503 e. The van der Waals surface area contributed by atoms with Crippen LogP contribution in [0.3, 0.4) is 0 Å². The monoisotopic (exact) mass is 1260 g/mol. The van der Waals surface area contributed by atoms with Gasteiger partial charge in [0.1, 0.15) is 17.4 Å². The zero-order valence-electron chi connectivity index (χ0n) is 54.3. The average molecular weight is 1270 g/mol. The van der Waals surface area contributed by atoms with E-state index < -0.39 is 29.3 Å². The number of carboxylic acids is 1. The van der Waals surface area contributed by atoms with Crippen molar-refractivity contribution >= 4 is 69.2 Å². The lowest BCUT2D eigenvalue weighted by Gasteiger charge is -2.05. The second kappa shape index (κ2) is 74.2. The molecule has 0 fully saturated rings. The highest BCUT2D eigenvalue weighted by Gasteiger charge is 2.21. The van der Waals surface area contributed by atoms with Crippen LogP contribution in [0, 0.1) is 0 Å². The molecule has 0 aliphatic heterocycles. The molecule has 6 rings (SSSR count). The second-order valence-corrected chi connectivity index (χ2v) is 16.0. The Hall–Kier alpha value is -9.09. The molecule has 0 aliphatic rings. The fraction of sp³-hybridized carbons (Fsp3) is 0.437. The van der Waals surface area contributed by atoms with E-state index in [1.807, 2.05) is 101 Å². The van der Waals surface area contributed by atoms with E-state index >= 15 is 0 Å². The fourth-order valence-corrected chi connectivity index (χ4v) is 5.26. The first-order valence-electron chi connectivity index (χ1n) is 29.0. The highest BCUT2D eigenvalue weighted by Crippen LogP contribution is 2.11. The number of pyridine rings is 2. The van der Waals surface area contributed by atoms with E-state index in [1.54, 1.807) is 76.4 Å². The molecule has 19 heteroatoms. The number of nitrogens with two attached hydrogens (primary N) is 1. The lowest BCUT2D eigenvalue weighted by Crippen LogP contribution is -2.18. The number of ether oxygens (including phenoxy) is 5. The molecule has 0 saturated heterocycles. The van der Waals surface area contributed by atoms with Crippen molar-refractivity contribution in [3.05, 3.63) is 177 Å². The van der Waals surface area contributed by atoms with Crippen LogP contribution >= 0.6 is 0 Å². The number of nitrogen functional groups attached to an aromatic ring is 1. The predicted octanol–water partition coefficient (Wildman–Crippen LogP) is 17.5. The minimum atomic E-state index is -1.21. The van der Waals surface area contributed by atoms with Crippen LogP contribution in [-0.4, -0.2) is 84.6 Å². The second-order valence-electron chi connectivity index (χ2n) is 16.0. The molecule has 0 bridgehead atoms. The summed E-state index contributed by atoms with van der Waals surface area (Å²) in [5, 5.41) is 12.7. The maximum atomic E-state index is 11.9. The third-order valence-electron chi connectivity index (χ3n) is 8.43. The predicted molar refractivity (Wildman–Crippen MR) is 375 cm³/mol. The van der Waals surface area contributed by atoms with Crippen LogP contribution in [-0.2, 0) is 47.7 Å². The van der Waals surface area contributed by atoms with Gasteiger partial charge in [0.25, 0.3) is 0 Å². The number of rotatable bonds is 13. The molecule has 0 radical (unpaired) electrons. The maximum absolute atomic E-state index is 11.9. The third-order valence-corrected chi connectivity index (χ3v) is 8.43. The van der Waals surface area contributed by atoms with Gasteiger partial charge in [-0.3, -0.25) is 9.59 Å². The SMILES string of the molecule is C.C.C.C.CC.CC.CCC.CCC.CCC.CCC.CCOC(=O)/C(=C\Nc1ccccc1)CC.CCOC(=O)C(=COC)C(=O)OCC.CCOC(=O)c1c[nH]c2ccccc2c1=O.Nc1ccccc1.O=C(O)c1c[nH]c2ccccc2c1=O.O=C=O. The number of carbonyl (C=O) groups excluding carboxylic acids is 6. The summed E-state index contributed by atoms with van der Waals surface area (Å²) in [6.07, 6.45) is 11.2. The Morgan fingerprint density at radius 2 is 0.833 bits per heavy atom. The summed E-state index contributed by atoms with van der Waals surface area (Å²) in [7, 11) is 1.33. The van der Waals surface area contributed by atoms with E-state index in [4.69, 9.17) is 29.9 Å². The fourth-order valence-electron chi connectivity index (χ4n) is 5.26. The van der Waals surface area contributed by atoms with Crippen LogP contribution in [0.25, 0.3) is 21.8 Å². The summed E-state index contributed by atoms with van der Waals surface area (Å²) in [5.41, 5.74) is 7.95. The molecule has 2 heterocycles. The number of carbonyl (C=O) groups is 5. The van der Waals surface area contributed by atoms with Crippen LogP contribution in [0.1, 0.15) is 200 Å². The maximum Gasteiger partial charge on any atom is 0.373 e. The molecule has 510 valence electrons. The van der Waals surface area contributed by atoms with Crippen LogP contribution < -0.4 is 21.9 Å². The number of fused-ring (bicyclic) bond motifs is 2. The van der Waals surface area contributed by atoms with Crippen LogP contribution in [0.4, 0.5) is 11.4 Å². The Kier molecular flexibility index (Phi) is 84.7. The van der Waals surface area contributed by atoms with Crippen molar-refractivity contribution in [2.75, 3.05) is 44.6 Å². The first-order valence-corrected chi connectivity index (χ1v) is 29.0. The summed E-state index contributed by atoms with van der Waals surface area (Å²) < 4.78 is 23.6. The number of aromatic nitrogens is 2. The number of methoxy groups -OCH3 is 1. The van der Waals surface area contributed by atoms with E-state index in [1.165, 1.54) is 45.2 Å². The van der Waals surface area contributed by atoms with Gasteiger partial charge in [0.05, 0.1) is 39.1 Å².